The molecule has 0 radical (unpaired) electrons. The number of rotatable bonds is 5. The van der Waals surface area contributed by atoms with Crippen LogP contribution >= 0.6 is 0 Å². The third kappa shape index (κ3) is 3.32. The number of pyridine rings is 1. The van der Waals surface area contributed by atoms with Gasteiger partial charge in [-0.05, 0) is 35.4 Å². The molecule has 0 aliphatic rings. The fraction of sp³-hybridized carbons (Fsp3) is 0.105. The predicted octanol–water partition coefficient (Wildman–Crippen LogP) is 3.79. The van der Waals surface area contributed by atoms with Crippen LogP contribution in [0.4, 0.5) is 0 Å². The summed E-state index contributed by atoms with van der Waals surface area (Å²) >= 11 is 0. The number of benzene rings is 2. The molecule has 0 unspecified atom stereocenters. The second-order valence-electron chi connectivity index (χ2n) is 5.02. The van der Waals surface area contributed by atoms with Crippen LogP contribution in [-0.2, 0) is 13.2 Å². The van der Waals surface area contributed by atoms with Crippen molar-refractivity contribution in [2.24, 2.45) is 5.73 Å². The average molecular weight is 290 g/mol. The average Bonchev–Trinajstić information content (AvgIpc) is 2.61. The molecule has 22 heavy (non-hydrogen) atoms. The Bertz CT molecular complexity index is 741. The van der Waals surface area contributed by atoms with Crippen molar-refractivity contribution in [3.8, 4) is 17.0 Å². The van der Waals surface area contributed by atoms with Crippen LogP contribution in [0.3, 0.4) is 0 Å². The highest BCUT2D eigenvalue weighted by Gasteiger charge is 2.08. The predicted molar refractivity (Wildman–Crippen MR) is 88.3 cm³/mol. The molecular weight excluding hydrogens is 272 g/mol. The van der Waals surface area contributed by atoms with Crippen molar-refractivity contribution in [1.29, 1.82) is 0 Å². The lowest BCUT2D eigenvalue weighted by molar-refractivity contribution is 0.307. The maximum Gasteiger partial charge on any atom is 0.129 e. The van der Waals surface area contributed by atoms with Gasteiger partial charge in [-0.15, -0.1) is 0 Å². The maximum atomic E-state index is 5.98. The fourth-order valence-electron chi connectivity index (χ4n) is 2.29. The largest absolute Gasteiger partial charge is 0.488 e. The quantitative estimate of drug-likeness (QED) is 0.777. The summed E-state index contributed by atoms with van der Waals surface area (Å²) in [4.78, 5) is 4.44. The molecule has 1 heterocycles. The zero-order valence-electron chi connectivity index (χ0n) is 12.3. The third-order valence-corrected chi connectivity index (χ3v) is 3.46. The van der Waals surface area contributed by atoms with Gasteiger partial charge in [0.05, 0.1) is 5.69 Å². The standard InChI is InChI=1S/C19H18N2O/c20-13-16-10-11-21-18(12-16)17-8-4-5-9-19(17)22-14-15-6-2-1-3-7-15/h1-12H,13-14,20H2. The number of para-hydroxylation sites is 1. The Hall–Kier alpha value is -2.65. The second kappa shape index (κ2) is 6.87. The van der Waals surface area contributed by atoms with Gasteiger partial charge < -0.3 is 10.5 Å². The molecule has 0 amide bonds. The number of hydrogen-bond donors (Lipinski definition) is 1. The van der Waals surface area contributed by atoms with Crippen molar-refractivity contribution >= 4 is 0 Å². The Morgan fingerprint density at radius 3 is 2.45 bits per heavy atom. The first-order valence-corrected chi connectivity index (χ1v) is 7.28. The summed E-state index contributed by atoms with van der Waals surface area (Å²) in [5.74, 6) is 0.827. The van der Waals surface area contributed by atoms with E-state index in [1.165, 1.54) is 0 Å². The van der Waals surface area contributed by atoms with Crippen molar-refractivity contribution in [3.63, 3.8) is 0 Å². The molecule has 2 aromatic carbocycles. The van der Waals surface area contributed by atoms with Gasteiger partial charge in [0.25, 0.3) is 0 Å². The van der Waals surface area contributed by atoms with Crippen LogP contribution in [0.1, 0.15) is 11.1 Å². The van der Waals surface area contributed by atoms with Crippen LogP contribution < -0.4 is 10.5 Å². The topological polar surface area (TPSA) is 48.1 Å². The highest BCUT2D eigenvalue weighted by molar-refractivity contribution is 5.67. The van der Waals surface area contributed by atoms with Gasteiger partial charge in [0.15, 0.2) is 0 Å². The van der Waals surface area contributed by atoms with Gasteiger partial charge >= 0.3 is 0 Å². The number of ether oxygens (including phenoxy) is 1. The van der Waals surface area contributed by atoms with Crippen LogP contribution in [0.2, 0.25) is 0 Å². The minimum absolute atomic E-state index is 0.503. The van der Waals surface area contributed by atoms with E-state index in [4.69, 9.17) is 10.5 Å². The van der Waals surface area contributed by atoms with Gasteiger partial charge in [-0.3, -0.25) is 4.98 Å². The fourth-order valence-corrected chi connectivity index (χ4v) is 2.29. The number of nitrogens with zero attached hydrogens (tertiary/aromatic N) is 1. The molecule has 0 atom stereocenters. The first-order chi connectivity index (χ1) is 10.9. The van der Waals surface area contributed by atoms with Crippen molar-refractivity contribution in [2.75, 3.05) is 0 Å². The van der Waals surface area contributed by atoms with E-state index in [1.807, 2.05) is 54.6 Å². The van der Waals surface area contributed by atoms with Gasteiger partial charge in [0.2, 0.25) is 0 Å². The molecular formula is C19H18N2O. The lowest BCUT2D eigenvalue weighted by Gasteiger charge is -2.11. The molecule has 0 saturated carbocycles. The van der Waals surface area contributed by atoms with Crippen LogP contribution in [0.5, 0.6) is 5.75 Å². The smallest absolute Gasteiger partial charge is 0.129 e. The molecule has 0 spiro atoms. The van der Waals surface area contributed by atoms with Crippen LogP contribution in [-0.4, -0.2) is 4.98 Å². The monoisotopic (exact) mass is 290 g/mol. The summed E-state index contributed by atoms with van der Waals surface area (Å²) in [5, 5.41) is 0. The molecule has 0 fully saturated rings. The van der Waals surface area contributed by atoms with Gasteiger partial charge in [-0.2, -0.15) is 0 Å². The zero-order chi connectivity index (χ0) is 15.2. The highest BCUT2D eigenvalue weighted by Crippen LogP contribution is 2.29. The Morgan fingerprint density at radius 2 is 1.64 bits per heavy atom. The second-order valence-corrected chi connectivity index (χ2v) is 5.02. The SMILES string of the molecule is NCc1ccnc(-c2ccccc2OCc2ccccc2)c1. The Balaban J connectivity index is 1.86. The molecule has 2 N–H and O–H groups in total. The molecule has 0 saturated heterocycles. The first kappa shape index (κ1) is 14.3. The molecule has 0 aliphatic carbocycles. The number of hydrogen-bond acceptors (Lipinski definition) is 3. The van der Waals surface area contributed by atoms with E-state index in [9.17, 15) is 0 Å². The minimum Gasteiger partial charge on any atom is -0.488 e. The van der Waals surface area contributed by atoms with Gasteiger partial charge in [0, 0.05) is 18.3 Å². The maximum absolute atomic E-state index is 5.98. The number of aromatic nitrogens is 1. The summed E-state index contributed by atoms with van der Waals surface area (Å²) < 4.78 is 5.98. The van der Waals surface area contributed by atoms with Crippen LogP contribution in [0, 0.1) is 0 Å². The van der Waals surface area contributed by atoms with Gasteiger partial charge in [-0.1, -0.05) is 42.5 Å². The van der Waals surface area contributed by atoms with Crippen molar-refractivity contribution in [1.82, 2.24) is 4.98 Å². The van der Waals surface area contributed by atoms with E-state index in [1.54, 1.807) is 6.20 Å². The third-order valence-electron chi connectivity index (χ3n) is 3.46. The minimum atomic E-state index is 0.503. The summed E-state index contributed by atoms with van der Waals surface area (Å²) in [5.41, 5.74) is 9.77. The normalized spacial score (nSPS) is 10.4. The first-order valence-electron chi connectivity index (χ1n) is 7.28. The molecule has 3 nitrogen and oxygen atoms in total. The lowest BCUT2D eigenvalue weighted by atomic mass is 10.1. The zero-order valence-corrected chi connectivity index (χ0v) is 12.3. The molecule has 0 bridgehead atoms. The number of nitrogens with two attached hydrogens (primary N) is 1. The molecule has 0 aliphatic heterocycles. The summed E-state index contributed by atoms with van der Waals surface area (Å²) in [6, 6.07) is 22.0. The van der Waals surface area contributed by atoms with E-state index in [-0.39, 0.29) is 0 Å². The Labute approximate surface area is 130 Å². The van der Waals surface area contributed by atoms with Gasteiger partial charge in [-0.25, -0.2) is 0 Å². The Morgan fingerprint density at radius 1 is 0.864 bits per heavy atom. The van der Waals surface area contributed by atoms with Crippen molar-refractivity contribution in [3.05, 3.63) is 84.1 Å². The molecule has 1 aromatic heterocycles. The Kier molecular flexibility index (Phi) is 4.47. The van der Waals surface area contributed by atoms with E-state index < -0.39 is 0 Å². The lowest BCUT2D eigenvalue weighted by Crippen LogP contribution is -1.99. The summed E-state index contributed by atoms with van der Waals surface area (Å²) in [6.45, 7) is 1.04. The molecule has 110 valence electrons. The van der Waals surface area contributed by atoms with E-state index in [0.717, 1.165) is 28.1 Å². The van der Waals surface area contributed by atoms with Crippen molar-refractivity contribution < 1.29 is 4.74 Å². The van der Waals surface area contributed by atoms with E-state index in [0.29, 0.717) is 13.2 Å². The van der Waals surface area contributed by atoms with Crippen molar-refractivity contribution in [2.45, 2.75) is 13.2 Å². The van der Waals surface area contributed by atoms with E-state index in [2.05, 4.69) is 17.1 Å². The summed E-state index contributed by atoms with van der Waals surface area (Å²) in [7, 11) is 0. The molecule has 3 heteroatoms. The molecule has 3 rings (SSSR count). The molecule has 3 aromatic rings. The van der Waals surface area contributed by atoms with Gasteiger partial charge in [0.1, 0.15) is 12.4 Å². The van der Waals surface area contributed by atoms with Crippen LogP contribution in [0.25, 0.3) is 11.3 Å². The summed E-state index contributed by atoms with van der Waals surface area (Å²) in [6.07, 6.45) is 1.78. The van der Waals surface area contributed by atoms with Crippen LogP contribution in [0.15, 0.2) is 72.9 Å². The van der Waals surface area contributed by atoms with E-state index >= 15 is 0 Å². The highest BCUT2D eigenvalue weighted by atomic mass is 16.5.